The first kappa shape index (κ1) is 11.4. The van der Waals surface area contributed by atoms with Crippen molar-refractivity contribution < 1.29 is 18.7 Å². The molecule has 0 aliphatic heterocycles. The van der Waals surface area contributed by atoms with E-state index in [9.17, 15) is 13.6 Å². The summed E-state index contributed by atoms with van der Waals surface area (Å²) in [7, 11) is 0. The number of carbonyl (C=O) groups is 1. The third kappa shape index (κ3) is 4.00. The van der Waals surface area contributed by atoms with Crippen LogP contribution in [0.15, 0.2) is 0 Å². The zero-order valence-corrected chi connectivity index (χ0v) is 7.93. The predicted molar refractivity (Wildman–Crippen MR) is 47.5 cm³/mol. The molecule has 1 rings (SSSR count). The van der Waals surface area contributed by atoms with E-state index in [1.54, 1.807) is 0 Å². The molecule has 0 unspecified atom stereocenters. The Balaban J connectivity index is 1.89. The van der Waals surface area contributed by atoms with Gasteiger partial charge >= 0.3 is 5.97 Å². The highest BCUT2D eigenvalue weighted by Gasteiger charge is 2.44. The van der Waals surface area contributed by atoms with Crippen molar-refractivity contribution in [1.82, 2.24) is 5.32 Å². The van der Waals surface area contributed by atoms with Gasteiger partial charge in [0.2, 0.25) is 0 Å². The van der Waals surface area contributed by atoms with Gasteiger partial charge in [0.05, 0.1) is 0 Å². The number of unbranched alkanes of at least 4 members (excludes halogenated alkanes) is 1. The van der Waals surface area contributed by atoms with E-state index in [1.807, 2.05) is 0 Å². The summed E-state index contributed by atoms with van der Waals surface area (Å²) in [6.45, 7) is 0.633. The maximum atomic E-state index is 12.4. The van der Waals surface area contributed by atoms with Crippen molar-refractivity contribution >= 4 is 5.97 Å². The van der Waals surface area contributed by atoms with Crippen LogP contribution in [0.25, 0.3) is 0 Å². The fraction of sp³-hybridized carbons (Fsp3) is 0.889. The molecule has 0 aromatic heterocycles. The van der Waals surface area contributed by atoms with Gasteiger partial charge in [0.1, 0.15) is 0 Å². The SMILES string of the molecule is O=C(O)CCCCNC1CC(F)(F)C1. The van der Waals surface area contributed by atoms with Crippen molar-refractivity contribution in [3.05, 3.63) is 0 Å². The van der Waals surface area contributed by atoms with Crippen molar-refractivity contribution in [1.29, 1.82) is 0 Å². The molecule has 1 aliphatic rings. The average Bonchev–Trinajstić information content (AvgIpc) is 1.99. The predicted octanol–water partition coefficient (Wildman–Crippen LogP) is 1.63. The van der Waals surface area contributed by atoms with E-state index >= 15 is 0 Å². The maximum absolute atomic E-state index is 12.4. The van der Waals surface area contributed by atoms with Crippen molar-refractivity contribution in [2.24, 2.45) is 0 Å². The van der Waals surface area contributed by atoms with Gasteiger partial charge in [-0.25, -0.2) is 8.78 Å². The number of halogens is 2. The van der Waals surface area contributed by atoms with E-state index < -0.39 is 11.9 Å². The Morgan fingerprint density at radius 2 is 2.07 bits per heavy atom. The van der Waals surface area contributed by atoms with E-state index in [4.69, 9.17) is 5.11 Å². The summed E-state index contributed by atoms with van der Waals surface area (Å²) < 4.78 is 24.7. The topological polar surface area (TPSA) is 49.3 Å². The monoisotopic (exact) mass is 207 g/mol. The molecule has 0 atom stereocenters. The highest BCUT2D eigenvalue weighted by atomic mass is 19.3. The second-order valence-corrected chi connectivity index (χ2v) is 3.77. The Bertz CT molecular complexity index is 201. The molecule has 3 nitrogen and oxygen atoms in total. The highest BCUT2D eigenvalue weighted by molar-refractivity contribution is 5.66. The molecular formula is C9H15F2NO2. The number of carboxylic acid groups (broad SMARTS) is 1. The summed E-state index contributed by atoms with van der Waals surface area (Å²) in [5.41, 5.74) is 0. The molecule has 0 aromatic rings. The Morgan fingerprint density at radius 3 is 2.57 bits per heavy atom. The first-order chi connectivity index (χ1) is 6.49. The molecule has 0 bridgehead atoms. The Hall–Kier alpha value is -0.710. The maximum Gasteiger partial charge on any atom is 0.303 e. The molecule has 1 fully saturated rings. The average molecular weight is 207 g/mol. The second-order valence-electron chi connectivity index (χ2n) is 3.77. The van der Waals surface area contributed by atoms with E-state index in [1.165, 1.54) is 0 Å². The molecule has 2 N–H and O–H groups in total. The lowest BCUT2D eigenvalue weighted by molar-refractivity contribution is -0.137. The number of hydrogen-bond donors (Lipinski definition) is 2. The van der Waals surface area contributed by atoms with E-state index in [-0.39, 0.29) is 25.3 Å². The second kappa shape index (κ2) is 4.68. The van der Waals surface area contributed by atoms with E-state index in [2.05, 4.69) is 5.32 Å². The Kier molecular flexibility index (Phi) is 3.80. The molecule has 0 saturated heterocycles. The Morgan fingerprint density at radius 1 is 1.43 bits per heavy atom. The smallest absolute Gasteiger partial charge is 0.303 e. The summed E-state index contributed by atoms with van der Waals surface area (Å²) in [6.07, 6.45) is 1.33. The molecule has 14 heavy (non-hydrogen) atoms. The molecular weight excluding hydrogens is 192 g/mol. The summed E-state index contributed by atoms with van der Waals surface area (Å²) in [4.78, 5) is 10.1. The lowest BCUT2D eigenvalue weighted by Crippen LogP contribution is -2.48. The number of nitrogens with one attached hydrogen (secondary N) is 1. The highest BCUT2D eigenvalue weighted by Crippen LogP contribution is 2.37. The number of aliphatic carboxylic acids is 1. The lowest BCUT2D eigenvalue weighted by atomic mass is 9.88. The largest absolute Gasteiger partial charge is 0.481 e. The van der Waals surface area contributed by atoms with Crippen molar-refractivity contribution in [3.8, 4) is 0 Å². The summed E-state index contributed by atoms with van der Waals surface area (Å²) in [5, 5.41) is 11.3. The molecule has 0 aromatic carbocycles. The third-order valence-electron chi connectivity index (χ3n) is 2.34. The van der Waals surface area contributed by atoms with E-state index in [0.29, 0.717) is 13.0 Å². The minimum Gasteiger partial charge on any atom is -0.481 e. The molecule has 0 radical (unpaired) electrons. The molecule has 5 heteroatoms. The van der Waals surface area contributed by atoms with Crippen LogP contribution in [0.2, 0.25) is 0 Å². The van der Waals surface area contributed by atoms with Crippen LogP contribution >= 0.6 is 0 Å². The van der Waals surface area contributed by atoms with Crippen LogP contribution in [0.5, 0.6) is 0 Å². The van der Waals surface area contributed by atoms with Gasteiger partial charge in [0.25, 0.3) is 5.92 Å². The van der Waals surface area contributed by atoms with Crippen molar-refractivity contribution in [2.45, 2.75) is 44.1 Å². The van der Waals surface area contributed by atoms with Crippen LogP contribution < -0.4 is 5.32 Å². The van der Waals surface area contributed by atoms with Crippen LogP contribution in [-0.2, 0) is 4.79 Å². The van der Waals surface area contributed by atoms with Crippen molar-refractivity contribution in [3.63, 3.8) is 0 Å². The summed E-state index contributed by atoms with van der Waals surface area (Å²) in [6, 6.07) is -0.0742. The molecule has 82 valence electrons. The standard InChI is InChI=1S/C9H15F2NO2/c10-9(11)5-7(6-9)12-4-2-1-3-8(13)14/h7,12H,1-6H2,(H,13,14). The first-order valence-corrected chi connectivity index (χ1v) is 4.83. The number of hydrogen-bond acceptors (Lipinski definition) is 2. The minimum absolute atomic E-state index is 0.0742. The van der Waals surface area contributed by atoms with Gasteiger partial charge < -0.3 is 10.4 Å². The van der Waals surface area contributed by atoms with Gasteiger partial charge in [-0.05, 0) is 19.4 Å². The van der Waals surface area contributed by atoms with Gasteiger partial charge in [-0.3, -0.25) is 4.79 Å². The number of alkyl halides is 2. The van der Waals surface area contributed by atoms with E-state index in [0.717, 1.165) is 6.42 Å². The molecule has 1 aliphatic carbocycles. The summed E-state index contributed by atoms with van der Waals surface area (Å²) in [5.74, 6) is -3.28. The van der Waals surface area contributed by atoms with Gasteiger partial charge in [0.15, 0.2) is 0 Å². The van der Waals surface area contributed by atoms with Crippen LogP contribution in [-0.4, -0.2) is 29.6 Å². The van der Waals surface area contributed by atoms with Gasteiger partial charge in [-0.2, -0.15) is 0 Å². The van der Waals surface area contributed by atoms with Crippen LogP contribution in [0.1, 0.15) is 32.1 Å². The van der Waals surface area contributed by atoms with Crippen molar-refractivity contribution in [2.75, 3.05) is 6.54 Å². The zero-order chi connectivity index (χ0) is 10.6. The number of rotatable bonds is 6. The quantitative estimate of drug-likeness (QED) is 0.651. The fourth-order valence-electron chi connectivity index (χ4n) is 1.51. The third-order valence-corrected chi connectivity index (χ3v) is 2.34. The summed E-state index contributed by atoms with van der Waals surface area (Å²) >= 11 is 0. The van der Waals surface area contributed by atoms with Crippen LogP contribution in [0.3, 0.4) is 0 Å². The molecule has 0 spiro atoms. The van der Waals surface area contributed by atoms with Crippen LogP contribution in [0.4, 0.5) is 8.78 Å². The first-order valence-electron chi connectivity index (χ1n) is 4.83. The normalized spacial score (nSPS) is 20.4. The minimum atomic E-state index is -2.47. The molecule has 0 amide bonds. The Labute approximate surface area is 81.5 Å². The number of carboxylic acids is 1. The molecule has 1 saturated carbocycles. The lowest BCUT2D eigenvalue weighted by Gasteiger charge is -2.35. The van der Waals surface area contributed by atoms with Crippen LogP contribution in [0, 0.1) is 0 Å². The molecule has 0 heterocycles. The van der Waals surface area contributed by atoms with Gasteiger partial charge in [-0.15, -0.1) is 0 Å². The van der Waals surface area contributed by atoms with Gasteiger partial charge in [0, 0.05) is 25.3 Å². The van der Waals surface area contributed by atoms with Gasteiger partial charge in [-0.1, -0.05) is 0 Å². The zero-order valence-electron chi connectivity index (χ0n) is 7.93. The fourth-order valence-corrected chi connectivity index (χ4v) is 1.51.